The molecule has 2 aliphatic rings. The quantitative estimate of drug-likeness (QED) is 0.251. The standard InChI is InChI=1S/C28H36F4N2O8/c1-27(2,3)41-25(37)15-9-7-11-33(15)17(35)13-39-23-19(29)21(31)24(22(32)20(23)30)40-14-18(36)34-12-8-10-16(34)26(38)42-28(4,5)6/h15-16H,7-14H2,1-6H3/t15-,16-/m1/s1. The van der Waals surface area contributed by atoms with Crippen molar-refractivity contribution in [1.29, 1.82) is 0 Å². The molecule has 0 unspecified atom stereocenters. The summed E-state index contributed by atoms with van der Waals surface area (Å²) in [5.74, 6) is -14.0. The molecule has 10 nitrogen and oxygen atoms in total. The molecule has 2 saturated heterocycles. The van der Waals surface area contributed by atoms with Crippen molar-refractivity contribution in [3.63, 3.8) is 0 Å². The van der Waals surface area contributed by atoms with E-state index in [-0.39, 0.29) is 13.1 Å². The predicted molar refractivity (Wildman–Crippen MR) is 138 cm³/mol. The number of hydrogen-bond acceptors (Lipinski definition) is 8. The highest BCUT2D eigenvalue weighted by Crippen LogP contribution is 2.35. The van der Waals surface area contributed by atoms with E-state index in [0.717, 1.165) is 9.80 Å². The molecule has 234 valence electrons. The van der Waals surface area contributed by atoms with E-state index in [9.17, 15) is 36.7 Å². The van der Waals surface area contributed by atoms with Crippen LogP contribution in [0.3, 0.4) is 0 Å². The number of ether oxygens (including phenoxy) is 4. The second-order valence-corrected chi connectivity index (χ2v) is 12.0. The van der Waals surface area contributed by atoms with Gasteiger partial charge < -0.3 is 28.7 Å². The van der Waals surface area contributed by atoms with Crippen LogP contribution in [0.25, 0.3) is 0 Å². The van der Waals surface area contributed by atoms with E-state index in [4.69, 9.17) is 18.9 Å². The van der Waals surface area contributed by atoms with Crippen molar-refractivity contribution in [2.45, 2.75) is 90.5 Å². The Hall–Kier alpha value is -3.58. The Kier molecular flexibility index (Phi) is 9.99. The highest BCUT2D eigenvalue weighted by atomic mass is 19.2. The van der Waals surface area contributed by atoms with Crippen molar-refractivity contribution in [2.24, 2.45) is 0 Å². The topological polar surface area (TPSA) is 112 Å². The lowest BCUT2D eigenvalue weighted by Gasteiger charge is -2.27. The summed E-state index contributed by atoms with van der Waals surface area (Å²) in [6.45, 7) is 8.16. The Morgan fingerprint density at radius 3 is 1.24 bits per heavy atom. The molecule has 0 saturated carbocycles. The Bertz CT molecular complexity index is 1110. The highest BCUT2D eigenvalue weighted by Gasteiger charge is 2.39. The summed E-state index contributed by atoms with van der Waals surface area (Å²) in [4.78, 5) is 52.5. The minimum Gasteiger partial charge on any atom is -0.477 e. The van der Waals surface area contributed by atoms with Crippen LogP contribution in [0.5, 0.6) is 11.5 Å². The Balaban J connectivity index is 1.67. The van der Waals surface area contributed by atoms with Gasteiger partial charge in [0, 0.05) is 13.1 Å². The molecule has 0 radical (unpaired) electrons. The molecule has 3 rings (SSSR count). The Morgan fingerprint density at radius 1 is 0.643 bits per heavy atom. The molecule has 1 aromatic rings. The fraction of sp³-hybridized carbons (Fsp3) is 0.643. The number of hydrogen-bond donors (Lipinski definition) is 0. The van der Waals surface area contributed by atoms with Crippen LogP contribution in [0.1, 0.15) is 67.2 Å². The predicted octanol–water partition coefficient (Wildman–Crippen LogP) is 3.67. The van der Waals surface area contributed by atoms with Crippen LogP contribution in [0.15, 0.2) is 0 Å². The van der Waals surface area contributed by atoms with Gasteiger partial charge in [-0.25, -0.2) is 9.59 Å². The molecule has 2 aliphatic heterocycles. The van der Waals surface area contributed by atoms with Gasteiger partial charge in [-0.2, -0.15) is 17.6 Å². The maximum Gasteiger partial charge on any atom is 0.329 e. The van der Waals surface area contributed by atoms with E-state index >= 15 is 0 Å². The lowest BCUT2D eigenvalue weighted by atomic mass is 10.1. The maximum absolute atomic E-state index is 14.7. The van der Waals surface area contributed by atoms with Crippen LogP contribution in [0.4, 0.5) is 17.6 Å². The number of halogens is 4. The van der Waals surface area contributed by atoms with Gasteiger partial charge in [-0.15, -0.1) is 0 Å². The van der Waals surface area contributed by atoms with Gasteiger partial charge in [0.05, 0.1) is 0 Å². The van der Waals surface area contributed by atoms with Gasteiger partial charge in [-0.3, -0.25) is 9.59 Å². The average Bonchev–Trinajstić information content (AvgIpc) is 3.55. The van der Waals surface area contributed by atoms with Gasteiger partial charge in [0.1, 0.15) is 23.3 Å². The van der Waals surface area contributed by atoms with Gasteiger partial charge in [0.25, 0.3) is 11.8 Å². The summed E-state index contributed by atoms with van der Waals surface area (Å²) in [7, 11) is 0. The third-order valence-electron chi connectivity index (χ3n) is 6.37. The minimum absolute atomic E-state index is 0.145. The van der Waals surface area contributed by atoms with Crippen LogP contribution in [-0.4, -0.2) is 83.1 Å². The van der Waals surface area contributed by atoms with Crippen LogP contribution < -0.4 is 9.47 Å². The molecular formula is C28H36F4N2O8. The number of carbonyl (C=O) groups excluding carboxylic acids is 4. The van der Waals surface area contributed by atoms with E-state index in [0.29, 0.717) is 25.7 Å². The van der Waals surface area contributed by atoms with Crippen LogP contribution in [0, 0.1) is 23.3 Å². The third-order valence-corrected chi connectivity index (χ3v) is 6.37. The fourth-order valence-electron chi connectivity index (χ4n) is 4.64. The molecule has 0 spiro atoms. The second kappa shape index (κ2) is 12.7. The lowest BCUT2D eigenvalue weighted by molar-refractivity contribution is -0.164. The number of esters is 2. The zero-order chi connectivity index (χ0) is 31.6. The zero-order valence-corrected chi connectivity index (χ0v) is 24.5. The summed E-state index contributed by atoms with van der Waals surface area (Å²) < 4.78 is 79.2. The van der Waals surface area contributed by atoms with Crippen molar-refractivity contribution < 1.29 is 55.7 Å². The molecule has 2 atom stereocenters. The Labute approximate surface area is 241 Å². The van der Waals surface area contributed by atoms with Crippen molar-refractivity contribution in [3.05, 3.63) is 23.3 Å². The molecule has 0 bridgehead atoms. The molecule has 42 heavy (non-hydrogen) atoms. The molecular weight excluding hydrogens is 568 g/mol. The molecule has 0 N–H and O–H groups in total. The summed E-state index contributed by atoms with van der Waals surface area (Å²) in [5.41, 5.74) is -1.62. The van der Waals surface area contributed by atoms with Crippen molar-refractivity contribution in [2.75, 3.05) is 26.3 Å². The smallest absolute Gasteiger partial charge is 0.329 e. The van der Waals surface area contributed by atoms with E-state index < -0.39 is 95.0 Å². The second-order valence-electron chi connectivity index (χ2n) is 12.0. The maximum atomic E-state index is 14.7. The van der Waals surface area contributed by atoms with E-state index in [2.05, 4.69) is 0 Å². The van der Waals surface area contributed by atoms with Crippen molar-refractivity contribution >= 4 is 23.8 Å². The monoisotopic (exact) mass is 604 g/mol. The van der Waals surface area contributed by atoms with Crippen LogP contribution >= 0.6 is 0 Å². The van der Waals surface area contributed by atoms with Crippen LogP contribution in [-0.2, 0) is 28.7 Å². The van der Waals surface area contributed by atoms with Crippen molar-refractivity contribution in [3.8, 4) is 11.5 Å². The third kappa shape index (κ3) is 7.82. The Morgan fingerprint density at radius 2 is 0.952 bits per heavy atom. The lowest BCUT2D eigenvalue weighted by Crippen LogP contribution is -2.45. The molecule has 0 aliphatic carbocycles. The number of carbonyl (C=O) groups is 4. The van der Waals surface area contributed by atoms with E-state index in [1.54, 1.807) is 41.5 Å². The van der Waals surface area contributed by atoms with Gasteiger partial charge in [-0.1, -0.05) is 0 Å². The first-order valence-electron chi connectivity index (χ1n) is 13.6. The SMILES string of the molecule is CC(C)(C)OC(=O)[C@H]1CCCN1C(=O)COc1c(F)c(F)c(OCC(=O)N2CCC[C@@H]2C(=O)OC(C)(C)C)c(F)c1F. The van der Waals surface area contributed by atoms with Gasteiger partial charge in [0.2, 0.25) is 23.3 Å². The molecule has 2 amide bonds. The number of amides is 2. The number of benzene rings is 1. The van der Waals surface area contributed by atoms with Gasteiger partial charge in [0.15, 0.2) is 24.7 Å². The van der Waals surface area contributed by atoms with E-state index in [1.165, 1.54) is 0 Å². The van der Waals surface area contributed by atoms with Gasteiger partial charge in [-0.05, 0) is 67.2 Å². The molecule has 2 fully saturated rings. The summed E-state index contributed by atoms with van der Waals surface area (Å²) in [5, 5.41) is 0. The normalized spacial score (nSPS) is 19.1. The number of nitrogens with zero attached hydrogens (tertiary/aromatic N) is 2. The first-order chi connectivity index (χ1) is 19.4. The average molecular weight is 605 g/mol. The van der Waals surface area contributed by atoms with Crippen molar-refractivity contribution in [1.82, 2.24) is 9.80 Å². The number of likely N-dealkylation sites (tertiary alicyclic amines) is 2. The largest absolute Gasteiger partial charge is 0.477 e. The summed E-state index contributed by atoms with van der Waals surface area (Å²) in [6.07, 6.45) is 1.52. The summed E-state index contributed by atoms with van der Waals surface area (Å²) >= 11 is 0. The van der Waals surface area contributed by atoms with E-state index in [1.807, 2.05) is 0 Å². The fourth-order valence-corrected chi connectivity index (χ4v) is 4.64. The molecule has 2 heterocycles. The summed E-state index contributed by atoms with van der Waals surface area (Å²) in [6, 6.07) is -1.88. The first-order valence-corrected chi connectivity index (χ1v) is 13.6. The highest BCUT2D eigenvalue weighted by molar-refractivity contribution is 5.87. The molecule has 0 aromatic heterocycles. The zero-order valence-electron chi connectivity index (χ0n) is 24.5. The first kappa shape index (κ1) is 32.9. The number of rotatable bonds is 8. The van der Waals surface area contributed by atoms with Crippen LogP contribution in [0.2, 0.25) is 0 Å². The molecule has 1 aromatic carbocycles. The molecule has 14 heteroatoms. The van der Waals surface area contributed by atoms with Gasteiger partial charge >= 0.3 is 11.9 Å². The minimum atomic E-state index is -1.98.